The second kappa shape index (κ2) is 8.50. The SMILES string of the molecule is Cc1cnc(NC(=O)[C@H](CC2CCCC2)n2cc(CS(=O)[O-])cn2)cn1. The van der Waals surface area contributed by atoms with E-state index in [-0.39, 0.29) is 11.7 Å². The Morgan fingerprint density at radius 3 is 2.77 bits per heavy atom. The molecule has 26 heavy (non-hydrogen) atoms. The Morgan fingerprint density at radius 2 is 2.12 bits per heavy atom. The molecular weight excluding hydrogens is 354 g/mol. The molecule has 1 amide bonds. The van der Waals surface area contributed by atoms with Gasteiger partial charge < -0.3 is 9.87 Å². The van der Waals surface area contributed by atoms with Gasteiger partial charge in [-0.3, -0.25) is 18.7 Å². The Morgan fingerprint density at radius 1 is 1.35 bits per heavy atom. The van der Waals surface area contributed by atoms with Gasteiger partial charge >= 0.3 is 0 Å². The van der Waals surface area contributed by atoms with Crippen molar-refractivity contribution in [1.29, 1.82) is 0 Å². The molecule has 0 saturated heterocycles. The monoisotopic (exact) mass is 376 g/mol. The molecule has 2 aromatic heterocycles. The molecule has 0 radical (unpaired) electrons. The van der Waals surface area contributed by atoms with Crippen LogP contribution < -0.4 is 5.32 Å². The highest BCUT2D eigenvalue weighted by Crippen LogP contribution is 2.32. The predicted octanol–water partition coefficient (Wildman–Crippen LogP) is 2.12. The van der Waals surface area contributed by atoms with E-state index in [1.54, 1.807) is 17.1 Å². The Kier molecular flexibility index (Phi) is 6.10. The van der Waals surface area contributed by atoms with Crippen LogP contribution in [0.1, 0.15) is 49.4 Å². The first kappa shape index (κ1) is 18.7. The maximum atomic E-state index is 12.9. The number of hydrogen-bond acceptors (Lipinski definition) is 6. The number of nitrogens with one attached hydrogen (secondary N) is 1. The van der Waals surface area contributed by atoms with Gasteiger partial charge in [0.15, 0.2) is 5.82 Å². The lowest BCUT2D eigenvalue weighted by Crippen LogP contribution is -2.28. The van der Waals surface area contributed by atoms with Gasteiger partial charge in [-0.2, -0.15) is 5.10 Å². The van der Waals surface area contributed by atoms with Crippen molar-refractivity contribution in [2.45, 2.75) is 50.8 Å². The number of carbonyl (C=O) groups is 1. The molecule has 1 saturated carbocycles. The second-order valence-electron chi connectivity index (χ2n) is 6.71. The van der Waals surface area contributed by atoms with Crippen LogP contribution in [0.25, 0.3) is 0 Å². The Labute approximate surface area is 154 Å². The first-order chi connectivity index (χ1) is 12.5. The van der Waals surface area contributed by atoms with Crippen LogP contribution in [0.2, 0.25) is 0 Å². The number of rotatable bonds is 7. The molecule has 9 heteroatoms. The summed E-state index contributed by atoms with van der Waals surface area (Å²) in [6, 6.07) is -0.505. The maximum Gasteiger partial charge on any atom is 0.250 e. The fourth-order valence-corrected chi connectivity index (χ4v) is 3.74. The van der Waals surface area contributed by atoms with Crippen molar-refractivity contribution in [2.75, 3.05) is 5.32 Å². The van der Waals surface area contributed by atoms with Gasteiger partial charge in [-0.25, -0.2) is 4.98 Å². The fourth-order valence-electron chi connectivity index (χ4n) is 3.32. The summed E-state index contributed by atoms with van der Waals surface area (Å²) in [6.45, 7) is 1.83. The molecule has 2 heterocycles. The summed E-state index contributed by atoms with van der Waals surface area (Å²) in [4.78, 5) is 21.2. The van der Waals surface area contributed by atoms with Crippen molar-refractivity contribution in [3.05, 3.63) is 36.0 Å². The third-order valence-electron chi connectivity index (χ3n) is 4.63. The molecule has 2 atom stereocenters. The summed E-state index contributed by atoms with van der Waals surface area (Å²) in [6.07, 6.45) is 11.5. The molecule has 1 aliphatic carbocycles. The minimum absolute atomic E-state index is 0.110. The van der Waals surface area contributed by atoms with Crippen LogP contribution in [0.5, 0.6) is 0 Å². The minimum Gasteiger partial charge on any atom is -0.772 e. The normalized spacial score (nSPS) is 17.2. The average Bonchev–Trinajstić information content (AvgIpc) is 3.26. The number of carbonyl (C=O) groups excluding carboxylic acids is 1. The van der Waals surface area contributed by atoms with Crippen molar-refractivity contribution in [2.24, 2.45) is 5.92 Å². The molecule has 140 valence electrons. The highest BCUT2D eigenvalue weighted by atomic mass is 32.2. The smallest absolute Gasteiger partial charge is 0.250 e. The summed E-state index contributed by atoms with van der Waals surface area (Å²) in [5.74, 6) is 0.537. The van der Waals surface area contributed by atoms with E-state index < -0.39 is 17.1 Å². The van der Waals surface area contributed by atoms with Gasteiger partial charge in [0.1, 0.15) is 6.04 Å². The summed E-state index contributed by atoms with van der Waals surface area (Å²) in [7, 11) is 0. The van der Waals surface area contributed by atoms with Gasteiger partial charge in [-0.1, -0.05) is 36.8 Å². The largest absolute Gasteiger partial charge is 0.772 e. The van der Waals surface area contributed by atoms with E-state index in [4.69, 9.17) is 0 Å². The highest BCUT2D eigenvalue weighted by Gasteiger charge is 2.27. The van der Waals surface area contributed by atoms with E-state index in [9.17, 15) is 13.6 Å². The summed E-state index contributed by atoms with van der Waals surface area (Å²) >= 11 is -2.19. The summed E-state index contributed by atoms with van der Waals surface area (Å²) in [5, 5.41) is 7.03. The first-order valence-electron chi connectivity index (χ1n) is 8.69. The molecule has 0 bridgehead atoms. The number of amides is 1. The zero-order chi connectivity index (χ0) is 18.5. The molecule has 1 N–H and O–H groups in total. The molecule has 1 fully saturated rings. The van der Waals surface area contributed by atoms with Crippen molar-refractivity contribution in [1.82, 2.24) is 19.7 Å². The standard InChI is InChI=1S/C17H23N5O3S/c1-12-7-19-16(9-18-12)21-17(23)15(6-13-4-2-3-5-13)22-10-14(8-20-22)11-26(24)25/h7-10,13,15H,2-6,11H2,1H3,(H,24,25)(H,19,21,23)/p-1/t15-/m0/s1. The number of anilines is 1. The van der Waals surface area contributed by atoms with E-state index >= 15 is 0 Å². The lowest BCUT2D eigenvalue weighted by Gasteiger charge is -2.20. The number of nitrogens with zero attached hydrogens (tertiary/aromatic N) is 4. The average molecular weight is 376 g/mol. The van der Waals surface area contributed by atoms with E-state index in [0.29, 0.717) is 23.7 Å². The third kappa shape index (κ3) is 4.95. The van der Waals surface area contributed by atoms with Crippen molar-refractivity contribution in [3.8, 4) is 0 Å². The molecule has 2 aromatic rings. The zero-order valence-electron chi connectivity index (χ0n) is 14.6. The topological polar surface area (TPSA) is 113 Å². The Balaban J connectivity index is 1.77. The molecule has 0 spiro atoms. The Hall–Kier alpha value is -2.13. The maximum absolute atomic E-state index is 12.9. The fraction of sp³-hybridized carbons (Fsp3) is 0.529. The third-order valence-corrected chi connectivity index (χ3v) is 5.19. The van der Waals surface area contributed by atoms with E-state index in [2.05, 4.69) is 20.4 Å². The van der Waals surface area contributed by atoms with Crippen LogP contribution in [0, 0.1) is 12.8 Å². The lowest BCUT2D eigenvalue weighted by molar-refractivity contribution is -0.120. The van der Waals surface area contributed by atoms with Gasteiger partial charge in [0.2, 0.25) is 5.91 Å². The van der Waals surface area contributed by atoms with Crippen LogP contribution in [-0.4, -0.2) is 34.4 Å². The number of hydrogen-bond donors (Lipinski definition) is 1. The quantitative estimate of drug-likeness (QED) is 0.741. The zero-order valence-corrected chi connectivity index (χ0v) is 15.4. The highest BCUT2D eigenvalue weighted by molar-refractivity contribution is 7.78. The van der Waals surface area contributed by atoms with Crippen LogP contribution in [0.3, 0.4) is 0 Å². The van der Waals surface area contributed by atoms with Crippen LogP contribution in [0.4, 0.5) is 5.82 Å². The van der Waals surface area contributed by atoms with Gasteiger partial charge in [0.25, 0.3) is 0 Å². The van der Waals surface area contributed by atoms with E-state index in [1.165, 1.54) is 25.2 Å². The first-order valence-corrected chi connectivity index (χ1v) is 9.94. The van der Waals surface area contributed by atoms with Gasteiger partial charge in [0.05, 0.1) is 24.3 Å². The van der Waals surface area contributed by atoms with Crippen LogP contribution >= 0.6 is 0 Å². The van der Waals surface area contributed by atoms with E-state index in [1.807, 2.05) is 6.92 Å². The van der Waals surface area contributed by atoms with Crippen molar-refractivity contribution < 1.29 is 13.6 Å². The molecule has 0 aliphatic heterocycles. The minimum atomic E-state index is -2.19. The van der Waals surface area contributed by atoms with Crippen LogP contribution in [0.15, 0.2) is 24.8 Å². The van der Waals surface area contributed by atoms with Crippen molar-refractivity contribution in [3.63, 3.8) is 0 Å². The summed E-state index contributed by atoms with van der Waals surface area (Å²) < 4.78 is 23.4. The molecule has 0 aromatic carbocycles. The number of aryl methyl sites for hydroxylation is 1. The van der Waals surface area contributed by atoms with E-state index in [0.717, 1.165) is 18.5 Å². The molecular formula is C17H22N5O3S-. The molecule has 3 rings (SSSR count). The molecule has 1 aliphatic rings. The number of aromatic nitrogens is 4. The van der Waals surface area contributed by atoms with Gasteiger partial charge in [0, 0.05) is 17.5 Å². The Bertz CT molecular complexity index is 771. The van der Waals surface area contributed by atoms with Gasteiger partial charge in [-0.05, 0) is 19.3 Å². The predicted molar refractivity (Wildman–Crippen MR) is 95.9 cm³/mol. The van der Waals surface area contributed by atoms with Gasteiger partial charge in [-0.15, -0.1) is 0 Å². The molecule has 1 unspecified atom stereocenters. The molecule has 8 nitrogen and oxygen atoms in total. The lowest BCUT2D eigenvalue weighted by atomic mass is 9.98. The second-order valence-corrected chi connectivity index (χ2v) is 7.61. The van der Waals surface area contributed by atoms with Crippen LogP contribution in [-0.2, 0) is 21.6 Å². The summed E-state index contributed by atoms with van der Waals surface area (Å²) in [5.41, 5.74) is 1.34. The van der Waals surface area contributed by atoms with Crippen molar-refractivity contribution >= 4 is 22.8 Å².